The minimum atomic E-state index is -4.51. The number of nitrogens with zero attached hydrogens (tertiary/aromatic N) is 4. The number of nitrogens with one attached hydrogen (secondary N) is 1. The SMILES string of the molecule is CCCOC(=O)[C@H](NP(=O)(OC[C@H]1OC(n2cnc3c(OC)nc(N)nc32)[C@](C)(O)[C@@H]1O)Oc1cccc2ccccc12)c1ccccc1. The molecule has 0 bridgehead atoms. The number of imidazole rings is 1. The summed E-state index contributed by atoms with van der Waals surface area (Å²) in [5.74, 6) is -0.465. The third kappa shape index (κ3) is 6.95. The average Bonchev–Trinajstić information content (AvgIpc) is 3.62. The summed E-state index contributed by atoms with van der Waals surface area (Å²) in [4.78, 5) is 25.9. The lowest BCUT2D eigenvalue weighted by molar-refractivity contribution is -0.146. The van der Waals surface area contributed by atoms with Gasteiger partial charge in [0.15, 0.2) is 17.4 Å². The summed E-state index contributed by atoms with van der Waals surface area (Å²) in [6, 6.07) is 19.9. The number of nitrogen functional groups attached to an aromatic ring is 1. The van der Waals surface area contributed by atoms with Gasteiger partial charge in [-0.2, -0.15) is 15.1 Å². The van der Waals surface area contributed by atoms with Crippen LogP contribution in [0.3, 0.4) is 0 Å². The molecule has 6 atom stereocenters. The second-order valence-electron chi connectivity index (χ2n) is 11.6. The van der Waals surface area contributed by atoms with Gasteiger partial charge in [0.1, 0.15) is 29.6 Å². The molecule has 0 saturated carbocycles. The third-order valence-corrected chi connectivity index (χ3v) is 9.59. The van der Waals surface area contributed by atoms with Crippen LogP contribution >= 0.6 is 7.75 Å². The molecule has 49 heavy (non-hydrogen) atoms. The molecule has 3 heterocycles. The van der Waals surface area contributed by atoms with Crippen molar-refractivity contribution >= 4 is 41.6 Å². The highest BCUT2D eigenvalue weighted by Crippen LogP contribution is 2.50. The molecule has 6 rings (SSSR count). The fraction of sp³-hybridized carbons (Fsp3) is 0.333. The predicted molar refractivity (Wildman–Crippen MR) is 179 cm³/mol. The van der Waals surface area contributed by atoms with Crippen molar-refractivity contribution in [3.8, 4) is 11.6 Å². The largest absolute Gasteiger partial charge is 0.479 e. The van der Waals surface area contributed by atoms with Gasteiger partial charge in [0.25, 0.3) is 0 Å². The number of carbonyl (C=O) groups is 1. The van der Waals surface area contributed by atoms with Gasteiger partial charge in [-0.3, -0.25) is 9.09 Å². The number of ether oxygens (including phenoxy) is 3. The maximum absolute atomic E-state index is 14.8. The number of fused-ring (bicyclic) bond motifs is 2. The molecule has 15 nitrogen and oxygen atoms in total. The number of aliphatic hydroxyl groups is 2. The van der Waals surface area contributed by atoms with E-state index in [4.69, 9.17) is 29.0 Å². The average molecular weight is 693 g/mol. The van der Waals surface area contributed by atoms with E-state index in [0.29, 0.717) is 17.4 Å². The van der Waals surface area contributed by atoms with Crippen molar-refractivity contribution in [3.05, 3.63) is 84.7 Å². The summed E-state index contributed by atoms with van der Waals surface area (Å²) >= 11 is 0. The quantitative estimate of drug-likeness (QED) is 0.102. The van der Waals surface area contributed by atoms with E-state index < -0.39 is 50.4 Å². The Morgan fingerprint density at radius 1 is 1.12 bits per heavy atom. The molecule has 1 saturated heterocycles. The first-order valence-electron chi connectivity index (χ1n) is 15.6. The monoisotopic (exact) mass is 692 g/mol. The van der Waals surface area contributed by atoms with Crippen LogP contribution in [0.25, 0.3) is 21.9 Å². The van der Waals surface area contributed by atoms with Crippen molar-refractivity contribution in [2.24, 2.45) is 0 Å². The van der Waals surface area contributed by atoms with Crippen molar-refractivity contribution in [3.63, 3.8) is 0 Å². The van der Waals surface area contributed by atoms with E-state index in [-0.39, 0.29) is 35.3 Å². The molecule has 1 fully saturated rings. The molecule has 2 unspecified atom stereocenters. The van der Waals surface area contributed by atoms with E-state index in [9.17, 15) is 19.6 Å². The van der Waals surface area contributed by atoms with Gasteiger partial charge in [0.2, 0.25) is 11.8 Å². The molecule has 1 aliphatic heterocycles. The Kier molecular flexibility index (Phi) is 9.84. The third-order valence-electron chi connectivity index (χ3n) is 8.09. The number of methoxy groups -OCH3 is 1. The zero-order valence-corrected chi connectivity index (χ0v) is 27.9. The van der Waals surface area contributed by atoms with Crippen LogP contribution in [0.5, 0.6) is 11.6 Å². The van der Waals surface area contributed by atoms with Gasteiger partial charge in [0.05, 0.1) is 26.7 Å². The molecule has 0 radical (unpaired) electrons. The van der Waals surface area contributed by atoms with Crippen LogP contribution in [0.2, 0.25) is 0 Å². The Balaban J connectivity index is 1.32. The molecule has 0 spiro atoms. The maximum Gasteiger partial charge on any atom is 0.459 e. The lowest BCUT2D eigenvalue weighted by Crippen LogP contribution is -2.44. The second-order valence-corrected chi connectivity index (χ2v) is 13.3. The lowest BCUT2D eigenvalue weighted by atomic mass is 9.96. The van der Waals surface area contributed by atoms with Gasteiger partial charge in [-0.05, 0) is 30.4 Å². The lowest BCUT2D eigenvalue weighted by Gasteiger charge is -2.28. The van der Waals surface area contributed by atoms with Crippen LogP contribution in [-0.4, -0.2) is 73.8 Å². The molecule has 16 heteroatoms. The Morgan fingerprint density at radius 2 is 1.86 bits per heavy atom. The number of aliphatic hydroxyl groups excluding tert-OH is 1. The van der Waals surface area contributed by atoms with Crippen molar-refractivity contribution < 1.29 is 42.8 Å². The van der Waals surface area contributed by atoms with Crippen molar-refractivity contribution in [1.29, 1.82) is 0 Å². The minimum Gasteiger partial charge on any atom is -0.479 e. The highest BCUT2D eigenvalue weighted by Gasteiger charge is 2.54. The molecule has 5 N–H and O–H groups in total. The van der Waals surface area contributed by atoms with Crippen LogP contribution < -0.4 is 20.1 Å². The number of hydrogen-bond acceptors (Lipinski definition) is 13. The number of esters is 1. The Labute approximate surface area is 281 Å². The predicted octanol–water partition coefficient (Wildman–Crippen LogP) is 4.07. The molecule has 2 aromatic heterocycles. The van der Waals surface area contributed by atoms with Gasteiger partial charge in [0, 0.05) is 5.39 Å². The highest BCUT2D eigenvalue weighted by atomic mass is 31.2. The fourth-order valence-corrected chi connectivity index (χ4v) is 7.13. The van der Waals surface area contributed by atoms with Crippen LogP contribution in [0, 0.1) is 0 Å². The summed E-state index contributed by atoms with van der Waals surface area (Å²) < 4.78 is 45.1. The molecule has 258 valence electrons. The number of carbonyl (C=O) groups excluding carboxylic acids is 1. The minimum absolute atomic E-state index is 0.104. The topological polar surface area (TPSA) is 202 Å². The summed E-state index contributed by atoms with van der Waals surface area (Å²) in [5, 5.41) is 27.0. The number of anilines is 1. The van der Waals surface area contributed by atoms with Gasteiger partial charge < -0.3 is 34.7 Å². The molecule has 0 aliphatic carbocycles. The van der Waals surface area contributed by atoms with Crippen LogP contribution in [0.4, 0.5) is 5.95 Å². The van der Waals surface area contributed by atoms with Crippen molar-refractivity contribution in [2.75, 3.05) is 26.1 Å². The van der Waals surface area contributed by atoms with Crippen LogP contribution in [0.15, 0.2) is 79.1 Å². The van der Waals surface area contributed by atoms with Gasteiger partial charge in [-0.15, -0.1) is 0 Å². The summed E-state index contributed by atoms with van der Waals surface area (Å²) in [6.45, 7) is 2.83. The molecule has 0 amide bonds. The first-order chi connectivity index (χ1) is 23.5. The fourth-order valence-electron chi connectivity index (χ4n) is 5.62. The number of rotatable bonds is 13. The van der Waals surface area contributed by atoms with E-state index in [1.165, 1.54) is 24.9 Å². The van der Waals surface area contributed by atoms with Crippen molar-refractivity contribution in [1.82, 2.24) is 24.6 Å². The first kappa shape index (κ1) is 34.2. The highest BCUT2D eigenvalue weighted by molar-refractivity contribution is 7.52. The summed E-state index contributed by atoms with van der Waals surface area (Å²) in [5.41, 5.74) is 4.85. The zero-order valence-electron chi connectivity index (χ0n) is 27.0. The van der Waals surface area contributed by atoms with E-state index >= 15 is 0 Å². The van der Waals surface area contributed by atoms with Gasteiger partial charge in [-0.1, -0.05) is 73.7 Å². The van der Waals surface area contributed by atoms with Gasteiger partial charge in [-0.25, -0.2) is 14.3 Å². The van der Waals surface area contributed by atoms with E-state index in [2.05, 4.69) is 20.0 Å². The standard InChI is InChI=1S/C33H37N6O9P/c1-4-17-45-30(41)25(21-12-6-5-7-13-21)38-49(43,48-23-16-10-14-20-11-8-9-15-22(20)23)46-18-24-27(40)33(2,42)31(47-24)39-19-35-26-28(39)36-32(34)37-29(26)44-3/h5-16,19,24-25,27,31,40,42H,4,17-18H2,1-3H3,(H,38,43)(H2,34,36,37)/t24-,25-,27-,31?,33-,49?/m1/s1. The number of aromatic nitrogens is 4. The number of benzene rings is 3. The summed E-state index contributed by atoms with van der Waals surface area (Å²) in [7, 11) is -3.11. The molecule has 3 aromatic carbocycles. The normalized spacial score (nSPS) is 22.5. The maximum atomic E-state index is 14.8. The Morgan fingerprint density at radius 3 is 2.61 bits per heavy atom. The second kappa shape index (κ2) is 14.1. The Hall–Kier alpha value is -4.63. The van der Waals surface area contributed by atoms with Crippen LogP contribution in [0.1, 0.15) is 38.1 Å². The number of hydrogen-bond donors (Lipinski definition) is 4. The van der Waals surface area contributed by atoms with E-state index in [0.717, 1.165) is 5.39 Å². The molecular formula is C33H37N6O9P. The molecule has 1 aliphatic rings. The Bertz CT molecular complexity index is 1990. The summed E-state index contributed by atoms with van der Waals surface area (Å²) in [6.07, 6.45) is -2.12. The van der Waals surface area contributed by atoms with Crippen molar-refractivity contribution in [2.45, 2.75) is 50.3 Å². The smallest absolute Gasteiger partial charge is 0.459 e. The van der Waals surface area contributed by atoms with E-state index in [1.807, 2.05) is 31.2 Å². The van der Waals surface area contributed by atoms with Gasteiger partial charge >= 0.3 is 13.7 Å². The molecule has 5 aromatic rings. The molecular weight excluding hydrogens is 655 g/mol. The first-order valence-corrected chi connectivity index (χ1v) is 17.1. The van der Waals surface area contributed by atoms with Crippen LogP contribution in [-0.2, 0) is 23.4 Å². The zero-order chi connectivity index (χ0) is 34.8. The van der Waals surface area contributed by atoms with E-state index in [1.54, 1.807) is 48.5 Å². The number of nitrogens with two attached hydrogens (primary N) is 1.